The van der Waals surface area contributed by atoms with Gasteiger partial charge in [-0.2, -0.15) is 0 Å². The van der Waals surface area contributed by atoms with Gasteiger partial charge in [-0.15, -0.1) is 0 Å². The van der Waals surface area contributed by atoms with E-state index in [-0.39, 0.29) is 6.42 Å². The third kappa shape index (κ3) is 6.69. The topological polar surface area (TPSA) is 111 Å². The van der Waals surface area contributed by atoms with Crippen LogP contribution in [0.15, 0.2) is 24.3 Å². The summed E-state index contributed by atoms with van der Waals surface area (Å²) >= 11 is 5.89. The highest BCUT2D eigenvalue weighted by molar-refractivity contribution is 6.30. The first-order valence-corrected chi connectivity index (χ1v) is 9.52. The quantitative estimate of drug-likeness (QED) is 0.548. The van der Waals surface area contributed by atoms with Crippen molar-refractivity contribution in [2.45, 2.75) is 64.8 Å². The molecule has 3 atom stereocenters. The summed E-state index contributed by atoms with van der Waals surface area (Å²) in [6.07, 6.45) is -2.48. The molecule has 29 heavy (non-hydrogen) atoms. The number of aliphatic hydroxyl groups excluding tert-OH is 1. The van der Waals surface area contributed by atoms with Crippen LogP contribution in [0, 0.1) is 5.92 Å². The van der Waals surface area contributed by atoms with E-state index in [9.17, 15) is 19.5 Å². The number of hydrogen-bond donors (Lipinski definition) is 2. The Morgan fingerprint density at radius 2 is 1.86 bits per heavy atom. The average molecular weight is 428 g/mol. The molecule has 8 nitrogen and oxygen atoms in total. The van der Waals surface area contributed by atoms with E-state index in [0.29, 0.717) is 10.6 Å². The smallest absolute Gasteiger partial charge is 0.408 e. The number of carbonyl (C=O) groups is 3. The number of carbonyl (C=O) groups excluding carboxylic acids is 3. The van der Waals surface area contributed by atoms with Crippen molar-refractivity contribution in [2.75, 3.05) is 0 Å². The van der Waals surface area contributed by atoms with Gasteiger partial charge in [-0.05, 0) is 44.9 Å². The predicted octanol–water partition coefficient (Wildman–Crippen LogP) is 2.59. The van der Waals surface area contributed by atoms with Crippen molar-refractivity contribution in [3.63, 3.8) is 0 Å². The van der Waals surface area contributed by atoms with E-state index >= 15 is 0 Å². The van der Waals surface area contributed by atoms with Gasteiger partial charge in [-0.25, -0.2) is 4.79 Å². The number of hydrogen-bond acceptors (Lipinski definition) is 7. The minimum absolute atomic E-state index is 0.0507. The Bertz CT molecular complexity index is 770. The summed E-state index contributed by atoms with van der Waals surface area (Å²) in [7, 11) is 0. The number of cyclic esters (lactones) is 1. The SMILES string of the molecule is CC(C)(C)OC(=O)N[C@@H](Cc1ccc(Cl)cc1)C(=O)C1C(=O)OC(C)(C)OC1O. The van der Waals surface area contributed by atoms with Gasteiger partial charge in [0.15, 0.2) is 18.0 Å². The van der Waals surface area contributed by atoms with E-state index in [1.54, 1.807) is 45.0 Å². The molecule has 0 saturated carbocycles. The van der Waals surface area contributed by atoms with Crippen LogP contribution in [0.25, 0.3) is 0 Å². The Labute approximate surface area is 174 Å². The third-order valence-electron chi connectivity index (χ3n) is 3.98. The van der Waals surface area contributed by atoms with Crippen LogP contribution < -0.4 is 5.32 Å². The van der Waals surface area contributed by atoms with Crippen LogP contribution in [0.4, 0.5) is 4.79 Å². The summed E-state index contributed by atoms with van der Waals surface area (Å²) in [5, 5.41) is 13.2. The Balaban J connectivity index is 2.25. The maximum absolute atomic E-state index is 13.1. The number of ketones is 1. The number of halogens is 1. The summed E-state index contributed by atoms with van der Waals surface area (Å²) < 4.78 is 15.5. The minimum atomic E-state index is -1.70. The fourth-order valence-corrected chi connectivity index (χ4v) is 2.93. The van der Waals surface area contributed by atoms with Gasteiger partial charge in [0.05, 0.1) is 6.04 Å². The molecule has 1 saturated heterocycles. The molecule has 0 bridgehead atoms. The molecule has 1 aromatic rings. The Kier molecular flexibility index (Phi) is 6.93. The number of esters is 1. The number of alkyl carbamates (subject to hydrolysis) is 1. The molecule has 1 heterocycles. The zero-order valence-corrected chi connectivity index (χ0v) is 17.8. The average Bonchev–Trinajstić information content (AvgIpc) is 2.52. The van der Waals surface area contributed by atoms with Crippen molar-refractivity contribution in [3.05, 3.63) is 34.9 Å². The lowest BCUT2D eigenvalue weighted by Crippen LogP contribution is -2.56. The molecule has 0 aromatic heterocycles. The summed E-state index contributed by atoms with van der Waals surface area (Å²) in [4.78, 5) is 37.6. The molecule has 2 N–H and O–H groups in total. The van der Waals surface area contributed by atoms with E-state index < -0.39 is 47.5 Å². The first kappa shape index (κ1) is 23.1. The van der Waals surface area contributed by atoms with Gasteiger partial charge in [0.1, 0.15) is 5.60 Å². The number of amides is 1. The molecule has 2 rings (SSSR count). The number of ether oxygens (including phenoxy) is 3. The van der Waals surface area contributed by atoms with Gasteiger partial charge in [0.2, 0.25) is 5.79 Å². The number of aliphatic hydroxyl groups is 1. The van der Waals surface area contributed by atoms with Crippen LogP contribution in [0.5, 0.6) is 0 Å². The standard InChI is InChI=1S/C20H26ClNO7/c1-19(2,3)29-18(26)22-13(10-11-6-8-12(21)9-7-11)15(23)14-16(24)27-20(4,5)28-17(14)25/h6-9,13-14,16,24H,10H2,1-5H3,(H,22,26)/t13-,14?,16?/m0/s1. The summed E-state index contributed by atoms with van der Waals surface area (Å²) in [5.41, 5.74) is -0.0994. The molecule has 9 heteroatoms. The molecular formula is C20H26ClNO7. The Morgan fingerprint density at radius 3 is 2.38 bits per heavy atom. The zero-order chi connectivity index (χ0) is 22.0. The lowest BCUT2D eigenvalue weighted by atomic mass is 9.92. The van der Waals surface area contributed by atoms with Gasteiger partial charge in [-0.1, -0.05) is 23.7 Å². The van der Waals surface area contributed by atoms with E-state index in [1.807, 2.05) is 0 Å². The maximum atomic E-state index is 13.1. The van der Waals surface area contributed by atoms with Crippen molar-refractivity contribution in [3.8, 4) is 0 Å². The van der Waals surface area contributed by atoms with Gasteiger partial charge < -0.3 is 24.6 Å². The van der Waals surface area contributed by atoms with Crippen LogP contribution in [-0.4, -0.2) is 46.7 Å². The number of Topliss-reactive ketones (excluding diaryl/α,β-unsaturated/α-hetero) is 1. The molecule has 1 aromatic carbocycles. The number of benzene rings is 1. The summed E-state index contributed by atoms with van der Waals surface area (Å²) in [6, 6.07) is 5.49. The fraction of sp³-hybridized carbons (Fsp3) is 0.550. The van der Waals surface area contributed by atoms with Crippen LogP contribution >= 0.6 is 11.6 Å². The first-order chi connectivity index (χ1) is 13.3. The highest BCUT2D eigenvalue weighted by atomic mass is 35.5. The lowest BCUT2D eigenvalue weighted by molar-refractivity contribution is -0.310. The highest BCUT2D eigenvalue weighted by Gasteiger charge is 2.48. The zero-order valence-electron chi connectivity index (χ0n) is 17.0. The Hall–Kier alpha value is -2.16. The second-order valence-electron chi connectivity index (χ2n) is 8.24. The minimum Gasteiger partial charge on any atom is -0.444 e. The molecule has 1 aliphatic heterocycles. The van der Waals surface area contributed by atoms with E-state index in [0.717, 1.165) is 0 Å². The molecule has 2 unspecified atom stereocenters. The van der Waals surface area contributed by atoms with Gasteiger partial charge in [0.25, 0.3) is 0 Å². The third-order valence-corrected chi connectivity index (χ3v) is 4.24. The molecule has 0 spiro atoms. The Morgan fingerprint density at radius 1 is 1.28 bits per heavy atom. The first-order valence-electron chi connectivity index (χ1n) is 9.14. The van der Waals surface area contributed by atoms with Gasteiger partial charge in [0, 0.05) is 18.9 Å². The molecular weight excluding hydrogens is 402 g/mol. The molecule has 1 amide bonds. The van der Waals surface area contributed by atoms with E-state index in [1.165, 1.54) is 13.8 Å². The fourth-order valence-electron chi connectivity index (χ4n) is 2.81. The van der Waals surface area contributed by atoms with Crippen molar-refractivity contribution in [1.29, 1.82) is 0 Å². The van der Waals surface area contributed by atoms with Crippen molar-refractivity contribution in [2.24, 2.45) is 5.92 Å². The summed E-state index contributed by atoms with van der Waals surface area (Å²) in [5.74, 6) is -4.64. The molecule has 1 fully saturated rings. The highest BCUT2D eigenvalue weighted by Crippen LogP contribution is 2.28. The largest absolute Gasteiger partial charge is 0.444 e. The van der Waals surface area contributed by atoms with Crippen LogP contribution in [0.3, 0.4) is 0 Å². The molecule has 0 aliphatic carbocycles. The predicted molar refractivity (Wildman–Crippen MR) is 104 cm³/mol. The monoisotopic (exact) mass is 427 g/mol. The van der Waals surface area contributed by atoms with Crippen LogP contribution in [0.1, 0.15) is 40.2 Å². The van der Waals surface area contributed by atoms with Crippen molar-refractivity contribution in [1.82, 2.24) is 5.32 Å². The van der Waals surface area contributed by atoms with E-state index in [4.69, 9.17) is 25.8 Å². The second kappa shape index (κ2) is 8.69. The van der Waals surface area contributed by atoms with Crippen LogP contribution in [-0.2, 0) is 30.2 Å². The van der Waals surface area contributed by atoms with Crippen molar-refractivity contribution >= 4 is 29.4 Å². The lowest BCUT2D eigenvalue weighted by Gasteiger charge is -2.37. The normalized spacial score (nSPS) is 22.4. The van der Waals surface area contributed by atoms with E-state index in [2.05, 4.69) is 5.32 Å². The van der Waals surface area contributed by atoms with Gasteiger partial charge in [-0.3, -0.25) is 9.59 Å². The maximum Gasteiger partial charge on any atom is 0.408 e. The summed E-state index contributed by atoms with van der Waals surface area (Å²) in [6.45, 7) is 7.93. The molecule has 1 aliphatic rings. The van der Waals surface area contributed by atoms with Gasteiger partial charge >= 0.3 is 12.1 Å². The molecule has 0 radical (unpaired) electrons. The van der Waals surface area contributed by atoms with Crippen molar-refractivity contribution < 1.29 is 33.7 Å². The van der Waals surface area contributed by atoms with Crippen LogP contribution in [0.2, 0.25) is 5.02 Å². The number of nitrogens with one attached hydrogen (secondary N) is 1. The molecule has 160 valence electrons. The number of rotatable bonds is 5. The second-order valence-corrected chi connectivity index (χ2v) is 8.68.